The zero-order valence-electron chi connectivity index (χ0n) is 8.28. The van der Waals surface area contributed by atoms with Crippen molar-refractivity contribution in [2.45, 2.75) is 19.8 Å². The largest absolute Gasteiger partial charge is 0.363 e. The lowest BCUT2D eigenvalue weighted by Gasteiger charge is -2.04. The highest BCUT2D eigenvalue weighted by Gasteiger charge is 2.11. The van der Waals surface area contributed by atoms with Crippen molar-refractivity contribution in [2.75, 3.05) is 0 Å². The number of rotatable bonds is 3. The SMILES string of the molecule is CC(C)c1ccc(C(=O)C(N)=O)cc1. The van der Waals surface area contributed by atoms with Gasteiger partial charge < -0.3 is 5.73 Å². The van der Waals surface area contributed by atoms with Crippen LogP contribution in [0.15, 0.2) is 24.3 Å². The van der Waals surface area contributed by atoms with E-state index in [9.17, 15) is 9.59 Å². The van der Waals surface area contributed by atoms with Crippen molar-refractivity contribution in [3.05, 3.63) is 35.4 Å². The van der Waals surface area contributed by atoms with E-state index in [-0.39, 0.29) is 0 Å². The third-order valence-electron chi connectivity index (χ3n) is 2.06. The fourth-order valence-corrected chi connectivity index (χ4v) is 1.16. The summed E-state index contributed by atoms with van der Waals surface area (Å²) in [5.74, 6) is -1.14. The highest BCUT2D eigenvalue weighted by molar-refractivity contribution is 6.42. The first-order valence-corrected chi connectivity index (χ1v) is 4.46. The van der Waals surface area contributed by atoms with Gasteiger partial charge in [0, 0.05) is 5.56 Å². The van der Waals surface area contributed by atoms with Gasteiger partial charge in [-0.1, -0.05) is 38.1 Å². The van der Waals surface area contributed by atoms with E-state index < -0.39 is 11.7 Å². The van der Waals surface area contributed by atoms with E-state index in [1.54, 1.807) is 12.1 Å². The van der Waals surface area contributed by atoms with Crippen LogP contribution in [0.1, 0.15) is 35.7 Å². The van der Waals surface area contributed by atoms with Gasteiger partial charge in [0.25, 0.3) is 5.91 Å². The average molecular weight is 191 g/mol. The Kier molecular flexibility index (Phi) is 3.02. The quantitative estimate of drug-likeness (QED) is 0.581. The maximum atomic E-state index is 11.2. The van der Waals surface area contributed by atoms with Crippen molar-refractivity contribution >= 4 is 11.7 Å². The molecule has 0 atom stereocenters. The van der Waals surface area contributed by atoms with Crippen molar-refractivity contribution in [2.24, 2.45) is 5.73 Å². The Morgan fingerprint density at radius 2 is 1.64 bits per heavy atom. The first kappa shape index (κ1) is 10.4. The minimum absolute atomic E-state index is 0.349. The number of carbonyl (C=O) groups is 2. The molecule has 1 aromatic rings. The van der Waals surface area contributed by atoms with Crippen LogP contribution in [0, 0.1) is 0 Å². The van der Waals surface area contributed by atoms with Gasteiger partial charge in [-0.15, -0.1) is 0 Å². The Morgan fingerprint density at radius 3 is 2.00 bits per heavy atom. The molecule has 0 aliphatic rings. The van der Waals surface area contributed by atoms with Crippen molar-refractivity contribution < 1.29 is 9.59 Å². The van der Waals surface area contributed by atoms with Crippen LogP contribution in [0.3, 0.4) is 0 Å². The number of Topliss-reactive ketones (excluding diaryl/α,β-unsaturated/α-hetero) is 1. The Morgan fingerprint density at radius 1 is 1.14 bits per heavy atom. The fourth-order valence-electron chi connectivity index (χ4n) is 1.16. The molecule has 1 rings (SSSR count). The molecule has 1 aromatic carbocycles. The Labute approximate surface area is 82.9 Å². The number of ketones is 1. The van der Waals surface area contributed by atoms with Crippen LogP contribution in [0.5, 0.6) is 0 Å². The molecule has 2 N–H and O–H groups in total. The Bertz CT molecular complexity index is 352. The van der Waals surface area contributed by atoms with E-state index in [0.717, 1.165) is 5.56 Å². The van der Waals surface area contributed by atoms with Crippen molar-refractivity contribution in [1.29, 1.82) is 0 Å². The number of benzene rings is 1. The standard InChI is InChI=1S/C11H13NO2/c1-7(2)8-3-5-9(6-4-8)10(13)11(12)14/h3-7H,1-2H3,(H2,12,14). The molecule has 0 aromatic heterocycles. The molecule has 14 heavy (non-hydrogen) atoms. The lowest BCUT2D eigenvalue weighted by molar-refractivity contribution is -0.114. The second-order valence-electron chi connectivity index (χ2n) is 3.47. The number of amides is 1. The summed E-state index contributed by atoms with van der Waals surface area (Å²) in [7, 11) is 0. The second-order valence-corrected chi connectivity index (χ2v) is 3.47. The van der Waals surface area contributed by atoms with Gasteiger partial charge >= 0.3 is 0 Å². The molecule has 3 heteroatoms. The number of nitrogens with two attached hydrogens (primary N) is 1. The zero-order chi connectivity index (χ0) is 10.7. The molecule has 0 unspecified atom stereocenters. The third-order valence-corrected chi connectivity index (χ3v) is 2.06. The van der Waals surface area contributed by atoms with Gasteiger partial charge in [0.1, 0.15) is 0 Å². The number of carbonyl (C=O) groups excluding carboxylic acids is 2. The molecule has 3 nitrogen and oxygen atoms in total. The maximum absolute atomic E-state index is 11.2. The monoisotopic (exact) mass is 191 g/mol. The van der Waals surface area contributed by atoms with Gasteiger partial charge in [0.2, 0.25) is 5.78 Å². The minimum atomic E-state index is -0.915. The molecule has 0 bridgehead atoms. The van der Waals surface area contributed by atoms with Gasteiger partial charge in [0.15, 0.2) is 0 Å². The van der Waals surface area contributed by atoms with Gasteiger partial charge in [-0.05, 0) is 11.5 Å². The fraction of sp³-hybridized carbons (Fsp3) is 0.273. The second kappa shape index (κ2) is 4.05. The lowest BCUT2D eigenvalue weighted by Crippen LogP contribution is -2.22. The molecule has 0 aliphatic carbocycles. The molecule has 0 saturated heterocycles. The van der Waals surface area contributed by atoms with E-state index in [2.05, 4.69) is 13.8 Å². The van der Waals surface area contributed by atoms with Crippen molar-refractivity contribution in [3.8, 4) is 0 Å². The van der Waals surface area contributed by atoms with Crippen molar-refractivity contribution in [3.63, 3.8) is 0 Å². The van der Waals surface area contributed by atoms with Crippen LogP contribution in [-0.4, -0.2) is 11.7 Å². The van der Waals surface area contributed by atoms with E-state index >= 15 is 0 Å². The molecule has 0 radical (unpaired) electrons. The summed E-state index contributed by atoms with van der Waals surface area (Å²) in [6.45, 7) is 4.12. The van der Waals surface area contributed by atoms with E-state index in [1.165, 1.54) is 0 Å². The van der Waals surface area contributed by atoms with Crippen LogP contribution in [0.4, 0.5) is 0 Å². The van der Waals surface area contributed by atoms with Crippen LogP contribution in [0.25, 0.3) is 0 Å². The molecular formula is C11H13NO2. The first-order valence-electron chi connectivity index (χ1n) is 4.46. The zero-order valence-corrected chi connectivity index (χ0v) is 8.28. The predicted octanol–water partition coefficient (Wildman–Crippen LogP) is 1.48. The molecular weight excluding hydrogens is 178 g/mol. The summed E-state index contributed by atoms with van der Waals surface area (Å²) >= 11 is 0. The predicted molar refractivity (Wildman–Crippen MR) is 54.1 cm³/mol. The molecule has 0 aliphatic heterocycles. The number of hydrogen-bond donors (Lipinski definition) is 1. The summed E-state index contributed by atoms with van der Waals surface area (Å²) in [5.41, 5.74) is 6.36. The Balaban J connectivity index is 2.94. The van der Waals surface area contributed by atoms with Crippen LogP contribution in [0.2, 0.25) is 0 Å². The van der Waals surface area contributed by atoms with Gasteiger partial charge in [-0.3, -0.25) is 9.59 Å². The normalized spacial score (nSPS) is 10.2. The Hall–Kier alpha value is -1.64. The number of hydrogen-bond acceptors (Lipinski definition) is 2. The van der Waals surface area contributed by atoms with Gasteiger partial charge in [-0.25, -0.2) is 0 Å². The van der Waals surface area contributed by atoms with Gasteiger partial charge in [0.05, 0.1) is 0 Å². The highest BCUT2D eigenvalue weighted by Crippen LogP contribution is 2.14. The average Bonchev–Trinajstić information content (AvgIpc) is 2.16. The van der Waals surface area contributed by atoms with Crippen LogP contribution >= 0.6 is 0 Å². The summed E-state index contributed by atoms with van der Waals surface area (Å²) < 4.78 is 0. The van der Waals surface area contributed by atoms with E-state index in [4.69, 9.17) is 5.73 Å². The van der Waals surface area contributed by atoms with Gasteiger partial charge in [-0.2, -0.15) is 0 Å². The molecule has 0 heterocycles. The summed E-state index contributed by atoms with van der Waals surface area (Å²) in [6.07, 6.45) is 0. The smallest absolute Gasteiger partial charge is 0.289 e. The van der Waals surface area contributed by atoms with Crippen LogP contribution in [-0.2, 0) is 4.79 Å². The minimum Gasteiger partial charge on any atom is -0.363 e. The molecule has 0 fully saturated rings. The lowest BCUT2D eigenvalue weighted by atomic mass is 10.0. The molecule has 0 spiro atoms. The van der Waals surface area contributed by atoms with E-state index in [1.807, 2.05) is 12.1 Å². The van der Waals surface area contributed by atoms with Crippen molar-refractivity contribution in [1.82, 2.24) is 0 Å². The highest BCUT2D eigenvalue weighted by atomic mass is 16.2. The van der Waals surface area contributed by atoms with E-state index in [0.29, 0.717) is 11.5 Å². The number of primary amides is 1. The topological polar surface area (TPSA) is 60.2 Å². The summed E-state index contributed by atoms with van der Waals surface area (Å²) in [4.78, 5) is 21.7. The molecule has 1 amide bonds. The van der Waals surface area contributed by atoms with Crippen LogP contribution < -0.4 is 5.73 Å². The first-order chi connectivity index (χ1) is 6.52. The third kappa shape index (κ3) is 2.19. The molecule has 0 saturated carbocycles. The summed E-state index contributed by atoms with van der Waals surface area (Å²) in [6, 6.07) is 6.92. The summed E-state index contributed by atoms with van der Waals surface area (Å²) in [5, 5.41) is 0. The molecule has 74 valence electrons. The maximum Gasteiger partial charge on any atom is 0.289 e.